The van der Waals surface area contributed by atoms with Gasteiger partial charge in [0.2, 0.25) is 0 Å². The third kappa shape index (κ3) is 2.53. The molecule has 0 aliphatic carbocycles. The fourth-order valence-corrected chi connectivity index (χ4v) is 2.90. The third-order valence-electron chi connectivity index (χ3n) is 3.98. The first-order valence-electron chi connectivity index (χ1n) is 7.41. The van der Waals surface area contributed by atoms with Crippen molar-refractivity contribution >= 4 is 16.6 Å². The van der Waals surface area contributed by atoms with Crippen LogP contribution in [0, 0.1) is 11.3 Å². The molecule has 4 heteroatoms. The number of nitrogens with zero attached hydrogens (tertiary/aromatic N) is 2. The number of aromatic amines is 1. The molecule has 1 unspecified atom stereocenters. The van der Waals surface area contributed by atoms with Crippen molar-refractivity contribution in [1.82, 2.24) is 10.2 Å². The van der Waals surface area contributed by atoms with Crippen LogP contribution in [0.1, 0.15) is 30.0 Å². The highest BCUT2D eigenvalue weighted by molar-refractivity contribution is 5.92. The molecule has 3 rings (SSSR count). The molecular weight excluding hydrogens is 272 g/mol. The van der Waals surface area contributed by atoms with E-state index >= 15 is 0 Å². The van der Waals surface area contributed by atoms with E-state index in [4.69, 9.17) is 5.26 Å². The molecule has 22 heavy (non-hydrogen) atoms. The number of nitrogens with one attached hydrogen (secondary N) is 2. The van der Waals surface area contributed by atoms with Crippen LogP contribution in [0.4, 0.5) is 5.69 Å². The molecule has 0 spiro atoms. The number of H-pyrrole nitrogens is 1. The van der Waals surface area contributed by atoms with Crippen molar-refractivity contribution in [3.63, 3.8) is 0 Å². The molecule has 0 amide bonds. The normalized spacial score (nSPS) is 12.0. The lowest BCUT2D eigenvalue weighted by Gasteiger charge is -2.15. The first-order chi connectivity index (χ1) is 10.8. The van der Waals surface area contributed by atoms with Gasteiger partial charge in [-0.15, -0.1) is 0 Å². The van der Waals surface area contributed by atoms with Crippen molar-refractivity contribution in [3.8, 4) is 6.07 Å². The molecule has 0 aliphatic heterocycles. The predicted octanol–water partition coefficient (Wildman–Crippen LogP) is 4.04. The van der Waals surface area contributed by atoms with Gasteiger partial charge in [0.1, 0.15) is 5.52 Å². The highest BCUT2D eigenvalue weighted by Crippen LogP contribution is 2.34. The number of anilines is 1. The zero-order valence-electron chi connectivity index (χ0n) is 12.5. The molecular formula is C18H18N4. The zero-order valence-corrected chi connectivity index (χ0v) is 12.5. The van der Waals surface area contributed by atoms with Gasteiger partial charge >= 0.3 is 0 Å². The molecule has 1 aromatic heterocycles. The minimum absolute atomic E-state index is 0.151. The molecule has 0 aliphatic rings. The minimum Gasteiger partial charge on any atom is -0.386 e. The summed E-state index contributed by atoms with van der Waals surface area (Å²) >= 11 is 0. The Kier molecular flexibility index (Phi) is 4.06. The van der Waals surface area contributed by atoms with Crippen LogP contribution in [0.15, 0.2) is 48.5 Å². The average molecular weight is 290 g/mol. The van der Waals surface area contributed by atoms with Gasteiger partial charge in [0, 0.05) is 24.8 Å². The lowest BCUT2D eigenvalue weighted by atomic mass is 9.89. The van der Waals surface area contributed by atoms with Crippen LogP contribution >= 0.6 is 0 Å². The summed E-state index contributed by atoms with van der Waals surface area (Å²) in [5, 5.41) is 20.9. The molecule has 2 aromatic carbocycles. The number of benzene rings is 2. The Hall–Kier alpha value is -2.80. The van der Waals surface area contributed by atoms with E-state index in [1.54, 1.807) is 0 Å². The Morgan fingerprint density at radius 1 is 1.18 bits per heavy atom. The van der Waals surface area contributed by atoms with Gasteiger partial charge < -0.3 is 5.32 Å². The van der Waals surface area contributed by atoms with Gasteiger partial charge in [0.25, 0.3) is 0 Å². The smallest absolute Gasteiger partial charge is 0.115 e. The van der Waals surface area contributed by atoms with E-state index in [2.05, 4.69) is 39.8 Å². The Morgan fingerprint density at radius 3 is 2.73 bits per heavy atom. The summed E-state index contributed by atoms with van der Waals surface area (Å²) in [5.74, 6) is 0.151. The molecule has 1 atom stereocenters. The van der Waals surface area contributed by atoms with E-state index in [-0.39, 0.29) is 5.92 Å². The first-order valence-corrected chi connectivity index (χ1v) is 7.41. The van der Waals surface area contributed by atoms with Crippen molar-refractivity contribution < 1.29 is 0 Å². The number of para-hydroxylation sites is 1. The highest BCUT2D eigenvalue weighted by atomic mass is 15.1. The second kappa shape index (κ2) is 6.31. The summed E-state index contributed by atoms with van der Waals surface area (Å²) in [5.41, 5.74) is 4.23. The monoisotopic (exact) mass is 290 g/mol. The Morgan fingerprint density at radius 2 is 2.00 bits per heavy atom. The summed E-state index contributed by atoms with van der Waals surface area (Å²) in [6.07, 6.45) is 1.30. The van der Waals surface area contributed by atoms with Gasteiger partial charge in [0.15, 0.2) is 0 Å². The fourth-order valence-electron chi connectivity index (χ4n) is 2.90. The Bertz CT molecular complexity index is 799. The molecule has 4 nitrogen and oxygen atoms in total. The quantitative estimate of drug-likeness (QED) is 0.745. The van der Waals surface area contributed by atoms with Crippen molar-refractivity contribution in [2.75, 3.05) is 12.4 Å². The molecule has 0 bridgehead atoms. The second-order valence-corrected chi connectivity index (χ2v) is 5.25. The van der Waals surface area contributed by atoms with Crippen molar-refractivity contribution in [2.24, 2.45) is 0 Å². The highest BCUT2D eigenvalue weighted by Gasteiger charge is 2.19. The van der Waals surface area contributed by atoms with Gasteiger partial charge in [-0.05, 0) is 18.1 Å². The standard InChI is InChI=1S/C18H18N4/c1-20-16-11-5-9-15-17(21-22-18(15)16)14(10-6-12-19)13-7-3-2-4-8-13/h2-5,7-9,11,14,20H,6,10H2,1H3,(H,21,22). The number of fused-ring (bicyclic) bond motifs is 1. The van der Waals surface area contributed by atoms with E-state index in [1.165, 1.54) is 5.56 Å². The summed E-state index contributed by atoms with van der Waals surface area (Å²) < 4.78 is 0. The van der Waals surface area contributed by atoms with E-state index in [9.17, 15) is 0 Å². The summed E-state index contributed by atoms with van der Waals surface area (Å²) in [4.78, 5) is 0. The summed E-state index contributed by atoms with van der Waals surface area (Å²) in [7, 11) is 1.90. The Labute approximate surface area is 129 Å². The lowest BCUT2D eigenvalue weighted by molar-refractivity contribution is 0.712. The maximum atomic E-state index is 8.97. The maximum Gasteiger partial charge on any atom is 0.115 e. The molecule has 0 saturated heterocycles. The third-order valence-corrected chi connectivity index (χ3v) is 3.98. The van der Waals surface area contributed by atoms with E-state index in [1.807, 2.05) is 37.4 Å². The van der Waals surface area contributed by atoms with Crippen LogP contribution < -0.4 is 5.32 Å². The number of nitriles is 1. The van der Waals surface area contributed by atoms with Gasteiger partial charge in [-0.25, -0.2) is 0 Å². The molecule has 0 fully saturated rings. The molecule has 0 radical (unpaired) electrons. The van der Waals surface area contributed by atoms with Gasteiger partial charge in [-0.3, -0.25) is 5.10 Å². The topological polar surface area (TPSA) is 64.5 Å². The van der Waals surface area contributed by atoms with Crippen molar-refractivity contribution in [3.05, 3.63) is 59.8 Å². The lowest BCUT2D eigenvalue weighted by Crippen LogP contribution is -2.02. The molecule has 2 N–H and O–H groups in total. The van der Waals surface area contributed by atoms with Crippen LogP contribution in [0.5, 0.6) is 0 Å². The SMILES string of the molecule is CNc1cccc2c(C(CCC#N)c3ccccc3)[nH]nc12. The van der Waals surface area contributed by atoms with E-state index < -0.39 is 0 Å². The average Bonchev–Trinajstić information content (AvgIpc) is 3.00. The number of hydrogen-bond acceptors (Lipinski definition) is 3. The minimum atomic E-state index is 0.151. The van der Waals surface area contributed by atoms with E-state index in [0.29, 0.717) is 6.42 Å². The summed E-state index contributed by atoms with van der Waals surface area (Å²) in [6, 6.07) is 18.7. The predicted molar refractivity (Wildman–Crippen MR) is 88.8 cm³/mol. The van der Waals surface area contributed by atoms with Gasteiger partial charge in [-0.1, -0.05) is 42.5 Å². The first kappa shape index (κ1) is 14.2. The molecule has 0 saturated carbocycles. The van der Waals surface area contributed by atoms with Crippen molar-refractivity contribution in [1.29, 1.82) is 5.26 Å². The molecule has 3 aromatic rings. The van der Waals surface area contributed by atoms with Gasteiger partial charge in [-0.2, -0.15) is 10.4 Å². The van der Waals surface area contributed by atoms with Crippen LogP contribution in [0.25, 0.3) is 10.9 Å². The Balaban J connectivity index is 2.11. The fraction of sp³-hybridized carbons (Fsp3) is 0.222. The van der Waals surface area contributed by atoms with Crippen molar-refractivity contribution in [2.45, 2.75) is 18.8 Å². The van der Waals surface area contributed by atoms with Crippen LogP contribution in [-0.2, 0) is 0 Å². The second-order valence-electron chi connectivity index (χ2n) is 5.25. The van der Waals surface area contributed by atoms with Crippen LogP contribution in [0.2, 0.25) is 0 Å². The number of hydrogen-bond donors (Lipinski definition) is 2. The van der Waals surface area contributed by atoms with Crippen LogP contribution in [0.3, 0.4) is 0 Å². The molecule has 1 heterocycles. The van der Waals surface area contributed by atoms with E-state index in [0.717, 1.165) is 28.7 Å². The largest absolute Gasteiger partial charge is 0.386 e. The zero-order chi connectivity index (χ0) is 15.4. The maximum absolute atomic E-state index is 8.97. The van der Waals surface area contributed by atoms with Gasteiger partial charge in [0.05, 0.1) is 17.5 Å². The summed E-state index contributed by atoms with van der Waals surface area (Å²) in [6.45, 7) is 0. The van der Waals surface area contributed by atoms with Crippen LogP contribution in [-0.4, -0.2) is 17.2 Å². The number of rotatable bonds is 5. The number of aromatic nitrogens is 2. The molecule has 110 valence electrons.